The highest BCUT2D eigenvalue weighted by molar-refractivity contribution is 7.86. The highest BCUT2D eigenvalue weighted by Gasteiger charge is 2.17. The molecule has 0 fully saturated rings. The van der Waals surface area contributed by atoms with Gasteiger partial charge in [0.15, 0.2) is 0 Å². The van der Waals surface area contributed by atoms with Crippen LogP contribution < -0.4 is 0 Å². The summed E-state index contributed by atoms with van der Waals surface area (Å²) in [7, 11) is -2.45. The molecule has 8 nitrogen and oxygen atoms in total. The molecule has 3 aromatic rings. The number of carbonyl (C=O) groups excluding carboxylic acids is 1. The molecule has 0 bridgehead atoms. The first-order valence-electron chi connectivity index (χ1n) is 8.96. The Labute approximate surface area is 169 Å². The molecule has 0 unspecified atom stereocenters. The molecule has 1 heterocycles. The van der Waals surface area contributed by atoms with Crippen LogP contribution in [0.5, 0.6) is 0 Å². The van der Waals surface area contributed by atoms with Crippen LogP contribution in [0.3, 0.4) is 0 Å². The van der Waals surface area contributed by atoms with E-state index in [2.05, 4.69) is 15.0 Å². The lowest BCUT2D eigenvalue weighted by Gasteiger charge is -2.07. The first-order valence-corrected chi connectivity index (χ1v) is 10.4. The van der Waals surface area contributed by atoms with Crippen LogP contribution >= 0.6 is 0 Å². The van der Waals surface area contributed by atoms with Gasteiger partial charge in [-0.1, -0.05) is 23.4 Å². The quantitative estimate of drug-likeness (QED) is 0.317. The van der Waals surface area contributed by atoms with E-state index in [1.54, 1.807) is 60.3 Å². The molecular weight excluding hydrogens is 394 g/mol. The molecule has 0 aliphatic rings. The molecule has 0 aliphatic carbocycles. The molecule has 0 aliphatic heterocycles. The van der Waals surface area contributed by atoms with E-state index in [9.17, 15) is 13.2 Å². The van der Waals surface area contributed by atoms with Crippen molar-refractivity contribution in [1.82, 2.24) is 15.0 Å². The summed E-state index contributed by atoms with van der Waals surface area (Å²) in [5, 5.41) is 8.15. The summed E-state index contributed by atoms with van der Waals surface area (Å²) < 4.78 is 35.9. The van der Waals surface area contributed by atoms with Crippen molar-refractivity contribution in [3.63, 3.8) is 0 Å². The topological polar surface area (TPSA) is 100 Å². The first kappa shape index (κ1) is 20.7. The normalized spacial score (nSPS) is 11.4. The first-order chi connectivity index (χ1) is 13.9. The van der Waals surface area contributed by atoms with E-state index in [4.69, 9.17) is 4.18 Å². The van der Waals surface area contributed by atoms with Crippen molar-refractivity contribution in [3.8, 4) is 5.69 Å². The number of benzene rings is 2. The van der Waals surface area contributed by atoms with Crippen LogP contribution in [-0.2, 0) is 25.5 Å². The minimum absolute atomic E-state index is 0.0529. The van der Waals surface area contributed by atoms with E-state index in [1.165, 1.54) is 13.2 Å². The zero-order valence-electron chi connectivity index (χ0n) is 16.1. The predicted octanol–water partition coefficient (Wildman–Crippen LogP) is 2.70. The third-order valence-electron chi connectivity index (χ3n) is 4.27. The largest absolute Gasteiger partial charge is 0.465 e. The number of carbonyl (C=O) groups is 1. The second kappa shape index (κ2) is 8.97. The third kappa shape index (κ3) is 5.07. The summed E-state index contributed by atoms with van der Waals surface area (Å²) in [5.74, 6) is -0.406. The van der Waals surface area contributed by atoms with Crippen LogP contribution in [0.15, 0.2) is 59.6 Å². The van der Waals surface area contributed by atoms with Gasteiger partial charge in [-0.2, -0.15) is 8.42 Å². The number of aromatic nitrogens is 3. The summed E-state index contributed by atoms with van der Waals surface area (Å²) in [6.07, 6.45) is 2.75. The van der Waals surface area contributed by atoms with Crippen LogP contribution in [0.4, 0.5) is 0 Å². The number of methoxy groups -OCH3 is 1. The molecule has 0 amide bonds. The lowest BCUT2D eigenvalue weighted by molar-refractivity contribution is 0.0600. The van der Waals surface area contributed by atoms with Crippen LogP contribution in [0, 0.1) is 6.92 Å². The van der Waals surface area contributed by atoms with Gasteiger partial charge in [-0.15, -0.1) is 5.10 Å². The molecule has 1 aromatic heterocycles. The Morgan fingerprint density at radius 2 is 1.83 bits per heavy atom. The summed E-state index contributed by atoms with van der Waals surface area (Å²) in [6.45, 7) is 1.78. The number of esters is 1. The van der Waals surface area contributed by atoms with Gasteiger partial charge in [0, 0.05) is 0 Å². The van der Waals surface area contributed by atoms with Crippen LogP contribution in [0.25, 0.3) is 5.69 Å². The number of hydrogen-bond donors (Lipinski definition) is 0. The molecule has 0 saturated carbocycles. The minimum atomic E-state index is -3.78. The zero-order valence-corrected chi connectivity index (χ0v) is 16.9. The maximum Gasteiger partial charge on any atom is 0.337 e. The lowest BCUT2D eigenvalue weighted by atomic mass is 10.2. The molecule has 0 radical (unpaired) electrons. The average molecular weight is 415 g/mol. The van der Waals surface area contributed by atoms with Gasteiger partial charge in [0.05, 0.1) is 41.8 Å². The maximum atomic E-state index is 12.3. The monoisotopic (exact) mass is 415 g/mol. The number of rotatable bonds is 8. The second-order valence-electron chi connectivity index (χ2n) is 6.34. The molecule has 9 heteroatoms. The molecular formula is C20H21N3O5S. The Hall–Kier alpha value is -3.04. The fourth-order valence-electron chi connectivity index (χ4n) is 2.73. The molecule has 0 spiro atoms. The van der Waals surface area contributed by atoms with E-state index >= 15 is 0 Å². The van der Waals surface area contributed by atoms with Crippen molar-refractivity contribution in [3.05, 3.63) is 71.5 Å². The van der Waals surface area contributed by atoms with Crippen molar-refractivity contribution >= 4 is 16.1 Å². The molecule has 152 valence electrons. The van der Waals surface area contributed by atoms with Gasteiger partial charge in [-0.25, -0.2) is 9.48 Å². The Morgan fingerprint density at radius 3 is 2.52 bits per heavy atom. The van der Waals surface area contributed by atoms with E-state index in [0.29, 0.717) is 29.7 Å². The molecule has 3 rings (SSSR count). The minimum Gasteiger partial charge on any atom is -0.465 e. The van der Waals surface area contributed by atoms with Crippen molar-refractivity contribution in [2.75, 3.05) is 13.7 Å². The Morgan fingerprint density at radius 1 is 1.10 bits per heavy atom. The van der Waals surface area contributed by atoms with Crippen molar-refractivity contribution in [2.45, 2.75) is 24.7 Å². The van der Waals surface area contributed by atoms with E-state index in [0.717, 1.165) is 5.69 Å². The van der Waals surface area contributed by atoms with Crippen molar-refractivity contribution in [1.29, 1.82) is 0 Å². The highest BCUT2D eigenvalue weighted by Crippen LogP contribution is 2.17. The van der Waals surface area contributed by atoms with Crippen LogP contribution in [0.1, 0.15) is 28.0 Å². The van der Waals surface area contributed by atoms with Gasteiger partial charge in [0.25, 0.3) is 10.1 Å². The van der Waals surface area contributed by atoms with Gasteiger partial charge in [0.2, 0.25) is 0 Å². The van der Waals surface area contributed by atoms with E-state index in [1.807, 2.05) is 0 Å². The standard InChI is InChI=1S/C20H21N3O5S/c1-15-6-3-4-8-19(15)29(25,26)28-13-5-7-17-14-23(22-21-17)18-11-9-16(10-12-18)20(24)27-2/h3-4,6,8-12,14H,5,7,13H2,1-2H3. The van der Waals surface area contributed by atoms with Gasteiger partial charge in [-0.05, 0) is 55.7 Å². The summed E-state index contributed by atoms with van der Waals surface area (Å²) in [6, 6.07) is 13.5. The predicted molar refractivity (Wildman–Crippen MR) is 105 cm³/mol. The smallest absolute Gasteiger partial charge is 0.337 e. The lowest BCUT2D eigenvalue weighted by Crippen LogP contribution is -2.09. The molecule has 0 atom stereocenters. The number of aryl methyl sites for hydroxylation is 2. The van der Waals surface area contributed by atoms with Gasteiger partial charge < -0.3 is 4.74 Å². The van der Waals surface area contributed by atoms with Gasteiger partial charge >= 0.3 is 5.97 Å². The average Bonchev–Trinajstić information content (AvgIpc) is 3.20. The number of ether oxygens (including phenoxy) is 1. The van der Waals surface area contributed by atoms with Crippen LogP contribution in [0.2, 0.25) is 0 Å². The van der Waals surface area contributed by atoms with E-state index in [-0.39, 0.29) is 11.5 Å². The molecule has 0 N–H and O–H groups in total. The summed E-state index contributed by atoms with van der Waals surface area (Å²) in [5.41, 5.74) is 2.55. The van der Waals surface area contributed by atoms with Gasteiger partial charge in [0.1, 0.15) is 0 Å². The SMILES string of the molecule is COC(=O)c1ccc(-n2cc(CCCOS(=O)(=O)c3ccccc3C)nn2)cc1. The van der Waals surface area contributed by atoms with Gasteiger partial charge in [-0.3, -0.25) is 4.18 Å². The Balaban J connectivity index is 1.55. The second-order valence-corrected chi connectivity index (χ2v) is 7.92. The molecule has 0 saturated heterocycles. The molecule has 2 aromatic carbocycles. The Bertz CT molecular complexity index is 1090. The zero-order chi connectivity index (χ0) is 20.9. The maximum absolute atomic E-state index is 12.3. The van der Waals surface area contributed by atoms with Crippen molar-refractivity contribution in [2.24, 2.45) is 0 Å². The van der Waals surface area contributed by atoms with Crippen molar-refractivity contribution < 1.29 is 22.1 Å². The Kier molecular flexibility index (Phi) is 6.40. The fourth-order valence-corrected chi connectivity index (χ4v) is 3.90. The van der Waals surface area contributed by atoms with E-state index < -0.39 is 16.1 Å². The fraction of sp³-hybridized carbons (Fsp3) is 0.250. The number of nitrogens with zero attached hydrogens (tertiary/aromatic N) is 3. The third-order valence-corrected chi connectivity index (χ3v) is 5.75. The molecule has 29 heavy (non-hydrogen) atoms. The highest BCUT2D eigenvalue weighted by atomic mass is 32.2. The summed E-state index contributed by atoms with van der Waals surface area (Å²) >= 11 is 0. The number of hydrogen-bond acceptors (Lipinski definition) is 7. The van der Waals surface area contributed by atoms with Crippen LogP contribution in [-0.4, -0.2) is 43.1 Å². The summed E-state index contributed by atoms with van der Waals surface area (Å²) in [4.78, 5) is 11.7.